The molecule has 0 radical (unpaired) electrons. The van der Waals surface area contributed by atoms with Crippen LogP contribution in [0, 0.1) is 0 Å². The van der Waals surface area contributed by atoms with E-state index in [1.807, 2.05) is 0 Å². The van der Waals surface area contributed by atoms with E-state index in [2.05, 4.69) is 34.2 Å². The zero-order chi connectivity index (χ0) is 13.9. The molecular weight excluding hydrogens is 244 g/mol. The Morgan fingerprint density at radius 3 is 2.89 bits per heavy atom. The van der Waals surface area contributed by atoms with Gasteiger partial charge < -0.3 is 19.7 Å². The molecule has 6 nitrogen and oxygen atoms in total. The fourth-order valence-corrected chi connectivity index (χ4v) is 1.43. The number of hydrogen-bond donors (Lipinski definition) is 1. The lowest BCUT2D eigenvalue weighted by Gasteiger charge is -2.16. The third-order valence-corrected chi connectivity index (χ3v) is 2.54. The summed E-state index contributed by atoms with van der Waals surface area (Å²) in [6.07, 6.45) is 2.67. The van der Waals surface area contributed by atoms with Crippen LogP contribution in [-0.4, -0.2) is 61.9 Å². The predicted molar refractivity (Wildman–Crippen MR) is 75.7 cm³/mol. The van der Waals surface area contributed by atoms with Crippen molar-refractivity contribution in [2.75, 3.05) is 52.3 Å². The molecule has 0 aliphatic heterocycles. The van der Waals surface area contributed by atoms with Crippen LogP contribution in [-0.2, 0) is 4.74 Å². The predicted octanol–water partition coefficient (Wildman–Crippen LogP) is 1.26. The van der Waals surface area contributed by atoms with E-state index in [4.69, 9.17) is 9.47 Å². The van der Waals surface area contributed by atoms with Crippen LogP contribution in [0.5, 0.6) is 5.88 Å². The summed E-state index contributed by atoms with van der Waals surface area (Å²) >= 11 is 0. The van der Waals surface area contributed by atoms with E-state index in [-0.39, 0.29) is 0 Å². The molecule has 108 valence electrons. The summed E-state index contributed by atoms with van der Waals surface area (Å²) in [4.78, 5) is 10.6. The number of methoxy groups -OCH3 is 1. The minimum Gasteiger partial charge on any atom is -0.478 e. The molecule has 6 heteroatoms. The highest BCUT2D eigenvalue weighted by molar-refractivity contribution is 5.27. The molecule has 1 rings (SSSR count). The van der Waals surface area contributed by atoms with Gasteiger partial charge in [-0.25, -0.2) is 4.98 Å². The van der Waals surface area contributed by atoms with Crippen molar-refractivity contribution >= 4 is 5.95 Å². The molecule has 1 aromatic heterocycles. The lowest BCUT2D eigenvalue weighted by atomic mass is 10.5. The first-order chi connectivity index (χ1) is 9.26. The average Bonchev–Trinajstić information content (AvgIpc) is 2.43. The van der Waals surface area contributed by atoms with Gasteiger partial charge in [-0.15, -0.1) is 0 Å². The van der Waals surface area contributed by atoms with Gasteiger partial charge in [0.1, 0.15) is 0 Å². The summed E-state index contributed by atoms with van der Waals surface area (Å²) in [7, 11) is 3.77. The first-order valence-electron chi connectivity index (χ1n) is 6.63. The second-order valence-electron chi connectivity index (χ2n) is 4.29. The van der Waals surface area contributed by atoms with Gasteiger partial charge in [-0.1, -0.05) is 6.92 Å². The van der Waals surface area contributed by atoms with E-state index in [9.17, 15) is 0 Å². The van der Waals surface area contributed by atoms with Crippen LogP contribution in [0.1, 0.15) is 13.3 Å². The minimum absolute atomic E-state index is 0.605. The maximum absolute atomic E-state index is 5.46. The molecule has 0 amide bonds. The van der Waals surface area contributed by atoms with Crippen molar-refractivity contribution in [3.8, 4) is 5.88 Å². The summed E-state index contributed by atoms with van der Waals surface area (Å²) in [5.41, 5.74) is 0. The van der Waals surface area contributed by atoms with Gasteiger partial charge in [0.15, 0.2) is 0 Å². The normalized spacial score (nSPS) is 10.7. The molecule has 0 aromatic carbocycles. The van der Waals surface area contributed by atoms with Crippen LogP contribution in [0.2, 0.25) is 0 Å². The van der Waals surface area contributed by atoms with Crippen molar-refractivity contribution in [2.24, 2.45) is 0 Å². The zero-order valence-electron chi connectivity index (χ0n) is 12.1. The number of aromatic nitrogens is 2. The quantitative estimate of drug-likeness (QED) is 0.689. The number of anilines is 1. The van der Waals surface area contributed by atoms with Gasteiger partial charge in [-0.3, -0.25) is 0 Å². The van der Waals surface area contributed by atoms with Crippen molar-refractivity contribution in [3.05, 3.63) is 12.3 Å². The molecule has 0 bridgehead atoms. The fourth-order valence-electron chi connectivity index (χ4n) is 1.43. The Labute approximate surface area is 115 Å². The van der Waals surface area contributed by atoms with Crippen molar-refractivity contribution in [3.63, 3.8) is 0 Å². The topological polar surface area (TPSA) is 59.5 Å². The summed E-state index contributed by atoms with van der Waals surface area (Å²) < 4.78 is 10.5. The van der Waals surface area contributed by atoms with Gasteiger partial charge in [0.05, 0.1) is 13.2 Å². The molecule has 1 heterocycles. The van der Waals surface area contributed by atoms with Gasteiger partial charge in [0.25, 0.3) is 0 Å². The number of rotatable bonds is 10. The first kappa shape index (κ1) is 15.7. The monoisotopic (exact) mass is 268 g/mol. The first-order valence-corrected chi connectivity index (χ1v) is 6.63. The summed E-state index contributed by atoms with van der Waals surface area (Å²) in [5.74, 6) is 1.22. The highest BCUT2D eigenvalue weighted by Crippen LogP contribution is 2.08. The Morgan fingerprint density at radius 1 is 1.32 bits per heavy atom. The molecule has 0 saturated carbocycles. The van der Waals surface area contributed by atoms with Crippen LogP contribution in [0.3, 0.4) is 0 Å². The highest BCUT2D eigenvalue weighted by atomic mass is 16.5. The molecule has 0 unspecified atom stereocenters. The Kier molecular flexibility index (Phi) is 7.84. The van der Waals surface area contributed by atoms with Gasteiger partial charge in [-0.05, 0) is 13.5 Å². The molecule has 1 aromatic rings. The van der Waals surface area contributed by atoms with Crippen molar-refractivity contribution in [1.29, 1.82) is 0 Å². The maximum atomic E-state index is 5.46. The summed E-state index contributed by atoms with van der Waals surface area (Å²) in [6, 6.07) is 1.77. The molecular formula is C13H24N4O2. The van der Waals surface area contributed by atoms with E-state index < -0.39 is 0 Å². The maximum Gasteiger partial charge on any atom is 0.225 e. The Balaban J connectivity index is 2.28. The van der Waals surface area contributed by atoms with Crippen molar-refractivity contribution in [2.45, 2.75) is 13.3 Å². The van der Waals surface area contributed by atoms with Crippen LogP contribution in [0.15, 0.2) is 12.3 Å². The second kappa shape index (κ2) is 9.52. The number of nitrogens with one attached hydrogen (secondary N) is 1. The lowest BCUT2D eigenvalue weighted by molar-refractivity contribution is 0.163. The van der Waals surface area contributed by atoms with Crippen molar-refractivity contribution in [1.82, 2.24) is 14.9 Å². The number of nitrogens with zero attached hydrogens (tertiary/aromatic N) is 3. The van der Waals surface area contributed by atoms with Gasteiger partial charge >= 0.3 is 0 Å². The number of likely N-dealkylation sites (N-methyl/N-ethyl adjacent to an activating group) is 1. The smallest absolute Gasteiger partial charge is 0.225 e. The lowest BCUT2D eigenvalue weighted by Crippen LogP contribution is -2.28. The molecule has 0 aliphatic carbocycles. The molecule has 0 spiro atoms. The van der Waals surface area contributed by atoms with Crippen LogP contribution in [0.4, 0.5) is 5.95 Å². The standard InChI is InChI=1S/C13H24N4O2/c1-4-10-19-12-5-6-14-13(16-12)15-7-8-17(2)9-11-18-3/h5-6H,4,7-11H2,1-3H3,(H,14,15,16). The van der Waals surface area contributed by atoms with Gasteiger partial charge in [0.2, 0.25) is 11.8 Å². The van der Waals surface area contributed by atoms with Crippen LogP contribution >= 0.6 is 0 Å². The molecule has 1 N–H and O–H groups in total. The van der Waals surface area contributed by atoms with E-state index >= 15 is 0 Å². The van der Waals surface area contributed by atoms with Crippen molar-refractivity contribution < 1.29 is 9.47 Å². The molecule has 0 atom stereocenters. The highest BCUT2D eigenvalue weighted by Gasteiger charge is 2.01. The largest absolute Gasteiger partial charge is 0.478 e. The average molecular weight is 268 g/mol. The van der Waals surface area contributed by atoms with E-state index in [1.165, 1.54) is 0 Å². The summed E-state index contributed by atoms with van der Waals surface area (Å²) in [5, 5.41) is 3.18. The van der Waals surface area contributed by atoms with E-state index in [0.717, 1.165) is 32.7 Å². The molecule has 0 saturated heterocycles. The number of ether oxygens (including phenoxy) is 2. The summed E-state index contributed by atoms with van der Waals surface area (Å²) in [6.45, 7) is 6.10. The Bertz CT molecular complexity index is 349. The van der Waals surface area contributed by atoms with E-state index in [0.29, 0.717) is 18.4 Å². The van der Waals surface area contributed by atoms with Crippen LogP contribution in [0.25, 0.3) is 0 Å². The van der Waals surface area contributed by atoms with Gasteiger partial charge in [-0.2, -0.15) is 4.98 Å². The molecule has 0 aliphatic rings. The van der Waals surface area contributed by atoms with Crippen LogP contribution < -0.4 is 10.1 Å². The zero-order valence-corrected chi connectivity index (χ0v) is 12.1. The van der Waals surface area contributed by atoms with Gasteiger partial charge in [0, 0.05) is 39.0 Å². The van der Waals surface area contributed by atoms with E-state index in [1.54, 1.807) is 19.4 Å². The third-order valence-electron chi connectivity index (χ3n) is 2.54. The Hall–Kier alpha value is -1.40. The fraction of sp³-hybridized carbons (Fsp3) is 0.692. The minimum atomic E-state index is 0.605. The SMILES string of the molecule is CCCOc1ccnc(NCCN(C)CCOC)n1. The molecule has 0 fully saturated rings. The Morgan fingerprint density at radius 2 is 2.16 bits per heavy atom. The third kappa shape index (κ3) is 6.93. The number of hydrogen-bond acceptors (Lipinski definition) is 6. The second-order valence-corrected chi connectivity index (χ2v) is 4.29. The molecule has 19 heavy (non-hydrogen) atoms.